The van der Waals surface area contributed by atoms with Gasteiger partial charge in [-0.2, -0.15) is 5.10 Å². The van der Waals surface area contributed by atoms with Gasteiger partial charge in [0.2, 0.25) is 0 Å². The molecule has 1 amide bonds. The second-order valence-electron chi connectivity index (χ2n) is 5.73. The number of carbonyl (C=O) groups is 1. The third-order valence-electron chi connectivity index (χ3n) is 3.69. The summed E-state index contributed by atoms with van der Waals surface area (Å²) in [5, 5.41) is 4.49. The molecular formula is C20H23ClN2O5. The normalized spacial score (nSPS) is 10.6. The Balaban J connectivity index is 1.81. The van der Waals surface area contributed by atoms with E-state index in [1.807, 2.05) is 25.1 Å². The first-order chi connectivity index (χ1) is 13.5. The summed E-state index contributed by atoms with van der Waals surface area (Å²) in [5.74, 6) is 1.96. The van der Waals surface area contributed by atoms with Gasteiger partial charge in [-0.15, -0.1) is 0 Å². The molecule has 0 aliphatic rings. The van der Waals surface area contributed by atoms with Gasteiger partial charge in [-0.3, -0.25) is 0 Å². The SMILES string of the molecule is COC(=O)NN=Cc1ccc(OCCCOc2ccc(Cl)c(C)c2)c(OC)c1. The topological polar surface area (TPSA) is 78.4 Å². The lowest BCUT2D eigenvalue weighted by Crippen LogP contribution is -2.16. The molecular weight excluding hydrogens is 384 g/mol. The fourth-order valence-corrected chi connectivity index (χ4v) is 2.34. The number of nitrogens with one attached hydrogen (secondary N) is 1. The molecule has 0 spiro atoms. The van der Waals surface area contributed by atoms with Crippen LogP contribution in [0.2, 0.25) is 5.02 Å². The molecule has 0 radical (unpaired) electrons. The Hall–Kier alpha value is -2.93. The Morgan fingerprint density at radius 2 is 1.89 bits per heavy atom. The quantitative estimate of drug-likeness (QED) is 0.383. The standard InChI is InChI=1S/C20H23ClN2O5/c1-14-11-16(6-7-17(14)21)27-9-4-10-28-18-8-5-15(12-19(18)25-2)13-22-23-20(24)26-3/h5-8,11-13H,4,9-10H2,1-3H3,(H,23,24). The van der Waals surface area contributed by atoms with E-state index in [2.05, 4.69) is 15.3 Å². The Labute approximate surface area is 169 Å². The van der Waals surface area contributed by atoms with E-state index in [9.17, 15) is 4.79 Å². The molecule has 0 saturated carbocycles. The van der Waals surface area contributed by atoms with Gasteiger partial charge in [0, 0.05) is 11.4 Å². The molecule has 7 nitrogen and oxygen atoms in total. The van der Waals surface area contributed by atoms with Crippen LogP contribution in [0, 0.1) is 6.92 Å². The molecule has 0 unspecified atom stereocenters. The molecule has 2 aromatic carbocycles. The minimum Gasteiger partial charge on any atom is -0.493 e. The molecule has 2 aromatic rings. The van der Waals surface area contributed by atoms with Gasteiger partial charge in [0.15, 0.2) is 11.5 Å². The molecule has 0 saturated heterocycles. The number of rotatable bonds is 9. The van der Waals surface area contributed by atoms with Crippen molar-refractivity contribution < 1.29 is 23.7 Å². The zero-order chi connectivity index (χ0) is 20.4. The number of ether oxygens (including phenoxy) is 4. The van der Waals surface area contributed by atoms with E-state index in [4.69, 9.17) is 25.8 Å². The summed E-state index contributed by atoms with van der Waals surface area (Å²) < 4.78 is 21.2. The summed E-state index contributed by atoms with van der Waals surface area (Å²) in [6.45, 7) is 2.93. The highest BCUT2D eigenvalue weighted by molar-refractivity contribution is 6.31. The van der Waals surface area contributed by atoms with Gasteiger partial charge in [0.1, 0.15) is 5.75 Å². The highest BCUT2D eigenvalue weighted by atomic mass is 35.5. The Morgan fingerprint density at radius 3 is 2.61 bits per heavy atom. The van der Waals surface area contributed by atoms with Crippen LogP contribution < -0.4 is 19.6 Å². The smallest absolute Gasteiger partial charge is 0.427 e. The van der Waals surface area contributed by atoms with Crippen LogP contribution in [0.5, 0.6) is 17.2 Å². The number of aryl methyl sites for hydroxylation is 1. The second kappa shape index (κ2) is 11.0. The van der Waals surface area contributed by atoms with E-state index in [1.54, 1.807) is 25.3 Å². The summed E-state index contributed by atoms with van der Waals surface area (Å²) in [6, 6.07) is 10.9. The number of hydrazone groups is 1. The number of carbonyl (C=O) groups excluding carboxylic acids is 1. The van der Waals surface area contributed by atoms with E-state index in [0.717, 1.165) is 21.9 Å². The fourth-order valence-electron chi connectivity index (χ4n) is 2.23. The zero-order valence-corrected chi connectivity index (χ0v) is 16.8. The van der Waals surface area contributed by atoms with Gasteiger partial charge in [-0.1, -0.05) is 11.6 Å². The maximum Gasteiger partial charge on any atom is 0.427 e. The minimum atomic E-state index is -0.640. The number of hydrogen-bond acceptors (Lipinski definition) is 6. The van der Waals surface area contributed by atoms with Crippen LogP contribution in [-0.4, -0.2) is 39.7 Å². The van der Waals surface area contributed by atoms with Crippen molar-refractivity contribution in [2.24, 2.45) is 5.10 Å². The largest absolute Gasteiger partial charge is 0.493 e. The molecule has 8 heteroatoms. The average molecular weight is 407 g/mol. The van der Waals surface area contributed by atoms with Gasteiger partial charge < -0.3 is 18.9 Å². The number of hydrogen-bond donors (Lipinski definition) is 1. The number of benzene rings is 2. The lowest BCUT2D eigenvalue weighted by Gasteiger charge is -2.12. The first-order valence-corrected chi connectivity index (χ1v) is 8.98. The van der Waals surface area contributed by atoms with Crippen LogP contribution >= 0.6 is 11.6 Å². The number of nitrogens with zero attached hydrogens (tertiary/aromatic N) is 1. The fraction of sp³-hybridized carbons (Fsp3) is 0.300. The van der Waals surface area contributed by atoms with Crippen molar-refractivity contribution in [1.82, 2.24) is 5.43 Å². The van der Waals surface area contributed by atoms with Crippen LogP contribution in [-0.2, 0) is 4.74 Å². The maximum atomic E-state index is 11.0. The first kappa shape index (κ1) is 21.4. The van der Waals surface area contributed by atoms with Crippen molar-refractivity contribution >= 4 is 23.9 Å². The van der Waals surface area contributed by atoms with E-state index < -0.39 is 6.09 Å². The van der Waals surface area contributed by atoms with E-state index in [0.29, 0.717) is 31.1 Å². The first-order valence-electron chi connectivity index (χ1n) is 8.60. The van der Waals surface area contributed by atoms with Crippen LogP contribution in [0.25, 0.3) is 0 Å². The molecule has 0 heterocycles. The summed E-state index contributed by atoms with van der Waals surface area (Å²) >= 11 is 6.00. The van der Waals surface area contributed by atoms with Gasteiger partial charge in [0.25, 0.3) is 0 Å². The Bertz CT molecular complexity index is 826. The van der Waals surface area contributed by atoms with Crippen LogP contribution in [0.1, 0.15) is 17.5 Å². The third-order valence-corrected chi connectivity index (χ3v) is 4.11. The average Bonchev–Trinajstić information content (AvgIpc) is 2.70. The summed E-state index contributed by atoms with van der Waals surface area (Å²) in [7, 11) is 2.82. The monoisotopic (exact) mass is 406 g/mol. The van der Waals surface area contributed by atoms with Crippen molar-refractivity contribution in [3.63, 3.8) is 0 Å². The Kier molecular flexibility index (Phi) is 8.42. The zero-order valence-electron chi connectivity index (χ0n) is 16.0. The lowest BCUT2D eigenvalue weighted by molar-refractivity contribution is 0.171. The van der Waals surface area contributed by atoms with Gasteiger partial charge in [-0.25, -0.2) is 10.2 Å². The highest BCUT2D eigenvalue weighted by Gasteiger charge is 2.06. The predicted octanol–water partition coefficient (Wildman–Crippen LogP) is 4.19. The van der Waals surface area contributed by atoms with Crippen molar-refractivity contribution in [2.45, 2.75) is 13.3 Å². The minimum absolute atomic E-state index is 0.472. The van der Waals surface area contributed by atoms with Crippen molar-refractivity contribution in [3.8, 4) is 17.2 Å². The molecule has 0 aliphatic carbocycles. The van der Waals surface area contributed by atoms with E-state index >= 15 is 0 Å². The summed E-state index contributed by atoms with van der Waals surface area (Å²) in [6.07, 6.45) is 1.54. The van der Waals surface area contributed by atoms with Gasteiger partial charge in [0.05, 0.1) is 33.6 Å². The summed E-state index contributed by atoms with van der Waals surface area (Å²) in [5.41, 5.74) is 3.93. The molecule has 150 valence electrons. The van der Waals surface area contributed by atoms with Crippen molar-refractivity contribution in [2.75, 3.05) is 27.4 Å². The molecule has 0 bridgehead atoms. The molecule has 0 atom stereocenters. The lowest BCUT2D eigenvalue weighted by atomic mass is 10.2. The van der Waals surface area contributed by atoms with Crippen LogP contribution in [0.3, 0.4) is 0 Å². The molecule has 28 heavy (non-hydrogen) atoms. The maximum absolute atomic E-state index is 11.0. The van der Waals surface area contributed by atoms with Crippen molar-refractivity contribution in [3.05, 3.63) is 52.5 Å². The van der Waals surface area contributed by atoms with E-state index in [1.165, 1.54) is 13.3 Å². The van der Waals surface area contributed by atoms with Crippen LogP contribution in [0.15, 0.2) is 41.5 Å². The van der Waals surface area contributed by atoms with Crippen molar-refractivity contribution in [1.29, 1.82) is 0 Å². The second-order valence-corrected chi connectivity index (χ2v) is 6.14. The highest BCUT2D eigenvalue weighted by Crippen LogP contribution is 2.27. The Morgan fingerprint density at radius 1 is 1.11 bits per heavy atom. The molecule has 2 rings (SSSR count). The molecule has 0 aromatic heterocycles. The third kappa shape index (κ3) is 6.66. The molecule has 0 aliphatic heterocycles. The molecule has 0 fully saturated rings. The number of amides is 1. The summed E-state index contributed by atoms with van der Waals surface area (Å²) in [4.78, 5) is 11.0. The predicted molar refractivity (Wildman–Crippen MR) is 108 cm³/mol. The van der Waals surface area contributed by atoms with E-state index in [-0.39, 0.29) is 0 Å². The van der Waals surface area contributed by atoms with Gasteiger partial charge >= 0.3 is 6.09 Å². The number of halogens is 1. The van der Waals surface area contributed by atoms with Crippen LogP contribution in [0.4, 0.5) is 4.79 Å². The number of methoxy groups -OCH3 is 2. The molecule has 1 N–H and O–H groups in total. The van der Waals surface area contributed by atoms with Gasteiger partial charge in [-0.05, 0) is 54.4 Å².